The number of hydrogen-bond donors (Lipinski definition) is 1. The SMILES string of the molecule is CCOc1ccc(/C(O)=C2/C(=O)CN(C(C)C)C2=O)cc1. The zero-order valence-electron chi connectivity index (χ0n) is 12.4. The van der Waals surface area contributed by atoms with E-state index in [0.717, 1.165) is 0 Å². The maximum atomic E-state index is 12.2. The number of aliphatic hydroxyl groups is 1. The molecule has 0 bridgehead atoms. The first-order valence-corrected chi connectivity index (χ1v) is 6.96. The van der Waals surface area contributed by atoms with Gasteiger partial charge in [0, 0.05) is 11.6 Å². The largest absolute Gasteiger partial charge is 0.506 e. The number of carbonyl (C=O) groups is 2. The van der Waals surface area contributed by atoms with Crippen LogP contribution in [0.2, 0.25) is 0 Å². The zero-order valence-corrected chi connectivity index (χ0v) is 12.4. The average molecular weight is 289 g/mol. The van der Waals surface area contributed by atoms with E-state index in [1.807, 2.05) is 20.8 Å². The Balaban J connectivity index is 2.34. The predicted octanol–water partition coefficient (Wildman–Crippen LogP) is 2.17. The van der Waals surface area contributed by atoms with Crippen LogP contribution in [0.4, 0.5) is 0 Å². The third-order valence-electron chi connectivity index (χ3n) is 3.37. The van der Waals surface area contributed by atoms with Crippen molar-refractivity contribution in [2.45, 2.75) is 26.8 Å². The van der Waals surface area contributed by atoms with E-state index < -0.39 is 5.91 Å². The number of rotatable bonds is 4. The molecule has 5 nitrogen and oxygen atoms in total. The first kappa shape index (κ1) is 15.1. The van der Waals surface area contributed by atoms with Gasteiger partial charge in [0.2, 0.25) is 0 Å². The Morgan fingerprint density at radius 1 is 1.29 bits per heavy atom. The monoisotopic (exact) mass is 289 g/mol. The minimum absolute atomic E-state index is 0.0208. The fourth-order valence-corrected chi connectivity index (χ4v) is 2.24. The Morgan fingerprint density at radius 2 is 1.90 bits per heavy atom. The second-order valence-electron chi connectivity index (χ2n) is 5.13. The molecule has 1 fully saturated rings. The zero-order chi connectivity index (χ0) is 15.6. The van der Waals surface area contributed by atoms with Crippen LogP contribution in [0.25, 0.3) is 5.76 Å². The summed E-state index contributed by atoms with van der Waals surface area (Å²) in [5, 5.41) is 10.3. The number of amides is 1. The molecule has 0 unspecified atom stereocenters. The summed E-state index contributed by atoms with van der Waals surface area (Å²) in [5.74, 6) is -0.357. The number of ketones is 1. The van der Waals surface area contributed by atoms with Gasteiger partial charge >= 0.3 is 0 Å². The van der Waals surface area contributed by atoms with Crippen molar-refractivity contribution in [2.24, 2.45) is 0 Å². The first-order valence-electron chi connectivity index (χ1n) is 6.96. The summed E-state index contributed by atoms with van der Waals surface area (Å²) in [4.78, 5) is 25.6. The lowest BCUT2D eigenvalue weighted by molar-refractivity contribution is -0.126. The van der Waals surface area contributed by atoms with Gasteiger partial charge < -0.3 is 14.7 Å². The molecule has 1 saturated heterocycles. The summed E-state index contributed by atoms with van der Waals surface area (Å²) in [6.45, 7) is 6.12. The van der Waals surface area contributed by atoms with Gasteiger partial charge in [-0.15, -0.1) is 0 Å². The Kier molecular flexibility index (Phi) is 4.31. The second kappa shape index (κ2) is 5.99. The van der Waals surface area contributed by atoms with E-state index in [-0.39, 0.29) is 29.7 Å². The van der Waals surface area contributed by atoms with Crippen LogP contribution in [-0.4, -0.2) is 40.9 Å². The second-order valence-corrected chi connectivity index (χ2v) is 5.13. The highest BCUT2D eigenvalue weighted by Gasteiger charge is 2.37. The number of aliphatic hydroxyl groups excluding tert-OH is 1. The van der Waals surface area contributed by atoms with Gasteiger partial charge in [-0.2, -0.15) is 0 Å². The van der Waals surface area contributed by atoms with Crippen LogP contribution in [0.15, 0.2) is 29.8 Å². The van der Waals surface area contributed by atoms with Gasteiger partial charge in [-0.05, 0) is 45.0 Å². The fraction of sp³-hybridized carbons (Fsp3) is 0.375. The molecule has 2 rings (SSSR count). The number of benzene rings is 1. The van der Waals surface area contributed by atoms with Crippen molar-refractivity contribution in [3.05, 3.63) is 35.4 Å². The van der Waals surface area contributed by atoms with Crippen molar-refractivity contribution < 1.29 is 19.4 Å². The van der Waals surface area contributed by atoms with Gasteiger partial charge in [-0.25, -0.2) is 0 Å². The van der Waals surface area contributed by atoms with Crippen LogP contribution in [0.1, 0.15) is 26.3 Å². The summed E-state index contributed by atoms with van der Waals surface area (Å²) in [6, 6.07) is 6.57. The first-order chi connectivity index (χ1) is 9.95. The maximum Gasteiger partial charge on any atom is 0.262 e. The van der Waals surface area contributed by atoms with Gasteiger partial charge in [-0.3, -0.25) is 9.59 Å². The minimum atomic E-state index is -0.415. The molecular formula is C16H19NO4. The Labute approximate surface area is 123 Å². The van der Waals surface area contributed by atoms with E-state index >= 15 is 0 Å². The summed E-state index contributed by atoms with van der Waals surface area (Å²) in [7, 11) is 0. The third kappa shape index (κ3) is 2.91. The van der Waals surface area contributed by atoms with Crippen LogP contribution in [-0.2, 0) is 9.59 Å². The number of ether oxygens (including phenoxy) is 1. The molecule has 0 atom stereocenters. The predicted molar refractivity (Wildman–Crippen MR) is 79.0 cm³/mol. The van der Waals surface area contributed by atoms with Crippen LogP contribution in [0, 0.1) is 0 Å². The molecule has 1 aromatic carbocycles. The van der Waals surface area contributed by atoms with Crippen molar-refractivity contribution in [1.29, 1.82) is 0 Å². The van der Waals surface area contributed by atoms with E-state index in [0.29, 0.717) is 17.9 Å². The summed E-state index contributed by atoms with van der Waals surface area (Å²) in [6.07, 6.45) is 0. The number of nitrogens with zero attached hydrogens (tertiary/aromatic N) is 1. The van der Waals surface area contributed by atoms with Crippen molar-refractivity contribution in [1.82, 2.24) is 4.90 Å². The highest BCUT2D eigenvalue weighted by Crippen LogP contribution is 2.25. The lowest BCUT2D eigenvalue weighted by Crippen LogP contribution is -2.32. The number of carbonyl (C=O) groups excluding carboxylic acids is 2. The molecule has 0 radical (unpaired) electrons. The van der Waals surface area contributed by atoms with E-state index in [4.69, 9.17) is 4.74 Å². The Morgan fingerprint density at radius 3 is 2.38 bits per heavy atom. The number of hydrogen-bond acceptors (Lipinski definition) is 4. The normalized spacial score (nSPS) is 17.6. The van der Waals surface area contributed by atoms with E-state index in [1.54, 1.807) is 24.3 Å². The topological polar surface area (TPSA) is 66.8 Å². The average Bonchev–Trinajstić information content (AvgIpc) is 2.75. The molecule has 0 saturated carbocycles. The van der Waals surface area contributed by atoms with Gasteiger partial charge in [0.05, 0.1) is 13.2 Å². The van der Waals surface area contributed by atoms with Crippen LogP contribution < -0.4 is 4.74 Å². The van der Waals surface area contributed by atoms with Crippen LogP contribution in [0.3, 0.4) is 0 Å². The molecule has 1 amide bonds. The van der Waals surface area contributed by atoms with E-state index in [2.05, 4.69) is 0 Å². The standard InChI is InChI=1S/C16H19NO4/c1-4-21-12-7-5-11(6-8-12)15(19)14-13(18)9-17(10(2)3)16(14)20/h5-8,10,19H,4,9H2,1-3H3/b15-14+. The van der Waals surface area contributed by atoms with E-state index in [1.165, 1.54) is 4.90 Å². The number of Topliss-reactive ketones (excluding diaryl/α,β-unsaturated/α-hetero) is 1. The Bertz CT molecular complexity index is 587. The lowest BCUT2D eigenvalue weighted by atomic mass is 10.1. The lowest BCUT2D eigenvalue weighted by Gasteiger charge is -2.18. The summed E-state index contributed by atoms with van der Waals surface area (Å²) >= 11 is 0. The molecule has 1 aliphatic heterocycles. The molecule has 0 spiro atoms. The highest BCUT2D eigenvalue weighted by atomic mass is 16.5. The molecule has 1 N–H and O–H groups in total. The smallest absolute Gasteiger partial charge is 0.262 e. The van der Waals surface area contributed by atoms with Crippen molar-refractivity contribution in [3.8, 4) is 5.75 Å². The maximum absolute atomic E-state index is 12.2. The molecule has 1 aliphatic rings. The Hall–Kier alpha value is -2.30. The molecule has 1 aromatic rings. The van der Waals surface area contributed by atoms with Crippen LogP contribution in [0.5, 0.6) is 5.75 Å². The summed E-state index contributed by atoms with van der Waals surface area (Å²) in [5.41, 5.74) is 0.300. The molecular weight excluding hydrogens is 270 g/mol. The van der Waals surface area contributed by atoms with Crippen molar-refractivity contribution >= 4 is 17.4 Å². The molecule has 5 heteroatoms. The van der Waals surface area contributed by atoms with Crippen molar-refractivity contribution in [3.63, 3.8) is 0 Å². The van der Waals surface area contributed by atoms with Gasteiger partial charge in [0.15, 0.2) is 5.78 Å². The molecule has 0 aromatic heterocycles. The minimum Gasteiger partial charge on any atom is -0.506 e. The fourth-order valence-electron chi connectivity index (χ4n) is 2.24. The van der Waals surface area contributed by atoms with Gasteiger partial charge in [-0.1, -0.05) is 0 Å². The number of likely N-dealkylation sites (tertiary alicyclic amines) is 1. The highest BCUT2D eigenvalue weighted by molar-refractivity contribution is 6.28. The third-order valence-corrected chi connectivity index (χ3v) is 3.37. The molecule has 1 heterocycles. The van der Waals surface area contributed by atoms with E-state index in [9.17, 15) is 14.7 Å². The van der Waals surface area contributed by atoms with Crippen LogP contribution >= 0.6 is 0 Å². The van der Waals surface area contributed by atoms with Gasteiger partial charge in [0.1, 0.15) is 17.1 Å². The van der Waals surface area contributed by atoms with Gasteiger partial charge in [0.25, 0.3) is 5.91 Å². The molecule has 0 aliphatic carbocycles. The quantitative estimate of drug-likeness (QED) is 0.524. The molecule has 21 heavy (non-hydrogen) atoms. The molecule has 112 valence electrons. The van der Waals surface area contributed by atoms with Crippen molar-refractivity contribution in [2.75, 3.05) is 13.2 Å². The summed E-state index contributed by atoms with van der Waals surface area (Å²) < 4.78 is 5.32.